The molecule has 498 valence electrons. The first-order valence-corrected chi connectivity index (χ1v) is 31.7. The van der Waals surface area contributed by atoms with Gasteiger partial charge in [-0.15, -0.1) is 5.10 Å². The van der Waals surface area contributed by atoms with Crippen LogP contribution in [0.4, 0.5) is 4.79 Å². The van der Waals surface area contributed by atoms with Crippen molar-refractivity contribution in [3.8, 4) is 0 Å². The van der Waals surface area contributed by atoms with Crippen LogP contribution in [0.25, 0.3) is 0 Å². The number of carbonyl (C=O) groups is 10. The van der Waals surface area contributed by atoms with Crippen LogP contribution in [0.15, 0.2) is 66.9 Å². The fourth-order valence-corrected chi connectivity index (χ4v) is 11.8. The number of guanidine groups is 1. The number of aliphatic hydroxyl groups is 1. The van der Waals surface area contributed by atoms with Gasteiger partial charge in [-0.2, -0.15) is 11.8 Å². The normalized spacial score (nSPS) is 23.9. The fourth-order valence-electron chi connectivity index (χ4n) is 10.2. The lowest BCUT2D eigenvalue weighted by atomic mass is 10.0. The second-order valence-corrected chi connectivity index (χ2v) is 23.5. The molecule has 0 spiro atoms. The van der Waals surface area contributed by atoms with E-state index in [1.54, 1.807) is 66.9 Å². The molecule has 1 unspecified atom stereocenters. The molecule has 1 aromatic heterocycles. The Hall–Kier alpha value is -8.46. The fraction of sp³-hybridized carbons (Fsp3) is 0.576. The van der Waals surface area contributed by atoms with Crippen LogP contribution in [0.2, 0.25) is 0 Å². The molecule has 32 heteroatoms. The number of aliphatic hydroxyl groups excluding tert-OH is 1. The Morgan fingerprint density at radius 1 is 0.670 bits per heavy atom. The Bertz CT molecular complexity index is 2890. The lowest BCUT2D eigenvalue weighted by Gasteiger charge is -2.27. The molecule has 3 aliphatic rings. The molecule has 31 nitrogen and oxygen atoms in total. The molecule has 3 aromatic rings. The minimum atomic E-state index is -1.57. The summed E-state index contributed by atoms with van der Waals surface area (Å²) in [4.78, 5) is 135. The lowest BCUT2D eigenvalue weighted by Crippen LogP contribution is -2.60. The highest BCUT2D eigenvalue weighted by Gasteiger charge is 2.43. The van der Waals surface area contributed by atoms with Crippen molar-refractivity contribution in [2.24, 2.45) is 11.5 Å². The van der Waals surface area contributed by atoms with Crippen molar-refractivity contribution in [2.75, 3.05) is 65.1 Å². The average Bonchev–Trinajstić information content (AvgIpc) is 2.51. The number of unbranched alkanes of at least 4 members (excludes halogenated alkanes) is 1. The summed E-state index contributed by atoms with van der Waals surface area (Å²) in [6.07, 6.45) is 4.88. The number of nitrogens with zero attached hydrogens (tertiary/aromatic N) is 3. The number of aryl methyl sites for hydroxylation is 1. The number of benzene rings is 2. The van der Waals surface area contributed by atoms with E-state index in [-0.39, 0.29) is 120 Å². The summed E-state index contributed by atoms with van der Waals surface area (Å²) in [5.41, 5.74) is 12.7. The standard InChI is InChI=1S/C59H87N17O14S/c1-36-52(81)71-45(33-77)57(86)67-40(51(60)80)17-10-11-23-76-32-39(74-75-76)31-44(66-49(79)34-90-28-27-89-26-25-88-24-22-63-48(78)20-9-8-19-47-50-46(35-91-47)72-59(87)73-50)56(85)70-43(30-38-15-6-3-7-16-38)55(84)68-41(18-12-21-64-58(61)62)53(82)69-42(54(83)65-36)29-37-13-4-2-5-14-37/h2-7,13-16,32,36,40-47,50,77H,8-12,17-31,33-35H2,1H3,(H2,60,80)(H,63,78)(H,65,83)(H,66,79)(H,67,86)(H,68,84)(H,69,82)(H,70,85)(H,71,81)(H4,61,62,64)(H2,72,73,87)/t36-,40+,41-,42-,43-,44+,45-,46+,47?,50+/m1/s1. The Labute approximate surface area is 531 Å². The van der Waals surface area contributed by atoms with E-state index in [2.05, 4.69) is 68.8 Å². The van der Waals surface area contributed by atoms with E-state index < -0.39 is 103 Å². The number of urea groups is 1. The quantitative estimate of drug-likeness (QED) is 0.0153. The van der Waals surface area contributed by atoms with Crippen molar-refractivity contribution in [3.05, 3.63) is 83.7 Å². The van der Waals surface area contributed by atoms with Gasteiger partial charge >= 0.3 is 6.03 Å². The number of nitrogens with two attached hydrogens (primary N) is 2. The van der Waals surface area contributed by atoms with Crippen LogP contribution in [0.5, 0.6) is 0 Å². The smallest absolute Gasteiger partial charge is 0.315 e. The van der Waals surface area contributed by atoms with Crippen LogP contribution in [0.3, 0.4) is 0 Å². The van der Waals surface area contributed by atoms with E-state index in [0.29, 0.717) is 42.2 Å². The summed E-state index contributed by atoms with van der Waals surface area (Å²) in [6, 6.07) is 7.80. The van der Waals surface area contributed by atoms with E-state index in [1.165, 1.54) is 11.6 Å². The zero-order valence-corrected chi connectivity index (χ0v) is 51.9. The molecule has 4 heterocycles. The first kappa shape index (κ1) is 71.6. The highest BCUT2D eigenvalue weighted by molar-refractivity contribution is 8.00. The Morgan fingerprint density at radius 2 is 1.29 bits per heavy atom. The monoisotopic (exact) mass is 1290 g/mol. The number of rotatable bonds is 27. The van der Waals surface area contributed by atoms with Gasteiger partial charge in [0, 0.05) is 62.5 Å². The number of thioether (sulfide) groups is 1. The molecule has 2 fully saturated rings. The highest BCUT2D eigenvalue weighted by Crippen LogP contribution is 2.33. The van der Waals surface area contributed by atoms with E-state index in [1.807, 2.05) is 11.8 Å². The largest absolute Gasteiger partial charge is 0.394 e. The van der Waals surface area contributed by atoms with Crippen molar-refractivity contribution >= 4 is 76.9 Å². The van der Waals surface area contributed by atoms with E-state index >= 15 is 0 Å². The van der Waals surface area contributed by atoms with E-state index in [9.17, 15) is 53.1 Å². The number of hydrogen-bond acceptors (Lipinski definition) is 18. The maximum absolute atomic E-state index is 14.7. The zero-order valence-electron chi connectivity index (χ0n) is 51.0. The minimum Gasteiger partial charge on any atom is -0.394 e. The molecule has 6 rings (SSSR count). The van der Waals surface area contributed by atoms with Crippen LogP contribution < -0.4 is 70.0 Å². The molecule has 11 amide bonds. The zero-order chi connectivity index (χ0) is 65.5. The molecule has 2 bridgehead atoms. The SMILES string of the molecule is C[C@H]1NC(=O)[C@@H](Cc2ccccc2)NC(=O)[C@@H](CCCNC(=N)N)NC(=O)[C@@H](Cc2ccccc2)NC(=O)[C@@H](NC(=O)COCCOCCOCCNC(=O)CCCCC2SC[C@@H]3NC(=O)N[C@H]23)Cc2cn(nn2)CCCC[C@@H](C(N)=O)NC(=O)[C@@H](CO)NC1=O. The Morgan fingerprint density at radius 3 is 1.96 bits per heavy atom. The predicted octanol–water partition coefficient (Wildman–Crippen LogP) is -3.46. The molecule has 17 N–H and O–H groups in total. The Kier molecular flexibility index (Phi) is 30.1. The number of nitrogens with one attached hydrogen (secondary N) is 12. The van der Waals surface area contributed by atoms with Gasteiger partial charge in [-0.1, -0.05) is 72.3 Å². The van der Waals surface area contributed by atoms with Crippen LogP contribution in [-0.4, -0.2) is 210 Å². The minimum absolute atomic E-state index is 0.0108. The van der Waals surface area contributed by atoms with Crippen molar-refractivity contribution in [1.82, 2.24) is 73.5 Å². The third-order valence-electron chi connectivity index (χ3n) is 15.1. The van der Waals surface area contributed by atoms with E-state index in [0.717, 1.165) is 25.0 Å². The molecule has 91 heavy (non-hydrogen) atoms. The summed E-state index contributed by atoms with van der Waals surface area (Å²) in [5.74, 6) is -6.26. The number of ether oxygens (including phenoxy) is 3. The summed E-state index contributed by atoms with van der Waals surface area (Å²) in [5, 5.41) is 56.4. The molecule has 2 aromatic carbocycles. The maximum Gasteiger partial charge on any atom is 0.315 e. The summed E-state index contributed by atoms with van der Waals surface area (Å²) >= 11 is 1.85. The number of aromatic nitrogens is 3. The summed E-state index contributed by atoms with van der Waals surface area (Å²) < 4.78 is 18.3. The maximum atomic E-state index is 14.7. The van der Waals surface area contributed by atoms with Gasteiger partial charge in [-0.3, -0.25) is 53.2 Å². The second kappa shape index (κ2) is 38.3. The molecule has 0 aliphatic carbocycles. The molecule has 2 saturated heterocycles. The van der Waals surface area contributed by atoms with Gasteiger partial charge in [0.05, 0.1) is 57.4 Å². The number of primary amides is 1. The van der Waals surface area contributed by atoms with Gasteiger partial charge in [0.25, 0.3) is 0 Å². The molecule has 0 saturated carbocycles. The molecule has 10 atom stereocenters. The Balaban J connectivity index is 1.11. The number of hydrogen-bond donors (Lipinski definition) is 15. The van der Waals surface area contributed by atoms with Gasteiger partial charge in [-0.05, 0) is 63.0 Å². The lowest BCUT2D eigenvalue weighted by molar-refractivity contribution is -0.136. The third-order valence-corrected chi connectivity index (χ3v) is 16.6. The number of carbonyl (C=O) groups excluding carboxylic acids is 10. The summed E-state index contributed by atoms with van der Waals surface area (Å²) in [6.45, 7) is 1.38. The average molecular weight is 1290 g/mol. The van der Waals surface area contributed by atoms with Gasteiger partial charge in [0.1, 0.15) is 48.9 Å². The molecular formula is C59H87N17O14S. The number of fused-ring (bicyclic) bond motifs is 3. The topological polar surface area (TPSA) is 458 Å². The highest BCUT2D eigenvalue weighted by atomic mass is 32.2. The van der Waals surface area contributed by atoms with Crippen molar-refractivity contribution in [3.63, 3.8) is 0 Å². The predicted molar refractivity (Wildman–Crippen MR) is 332 cm³/mol. The van der Waals surface area contributed by atoms with Gasteiger partial charge < -0.3 is 89.3 Å². The van der Waals surface area contributed by atoms with E-state index in [4.69, 9.17) is 31.1 Å². The third kappa shape index (κ3) is 25.4. The van der Waals surface area contributed by atoms with Gasteiger partial charge in [0.15, 0.2) is 5.96 Å². The van der Waals surface area contributed by atoms with Crippen molar-refractivity contribution in [1.29, 1.82) is 5.41 Å². The number of amides is 11. The summed E-state index contributed by atoms with van der Waals surface area (Å²) in [7, 11) is 0. The van der Waals surface area contributed by atoms with Gasteiger partial charge in [-0.25, -0.2) is 4.79 Å². The van der Waals surface area contributed by atoms with Crippen LogP contribution in [-0.2, 0) is 83.2 Å². The second-order valence-electron chi connectivity index (χ2n) is 22.3. The molecular weight excluding hydrogens is 1200 g/mol. The molecule has 0 radical (unpaired) electrons. The van der Waals surface area contributed by atoms with Crippen molar-refractivity contribution in [2.45, 2.75) is 150 Å². The van der Waals surface area contributed by atoms with Crippen molar-refractivity contribution < 1.29 is 67.3 Å². The molecule has 3 aliphatic heterocycles. The van der Waals surface area contributed by atoms with Crippen LogP contribution in [0.1, 0.15) is 81.5 Å². The first-order valence-electron chi connectivity index (χ1n) is 30.6. The first-order chi connectivity index (χ1) is 43.8. The van der Waals surface area contributed by atoms with Crippen LogP contribution in [0, 0.1) is 5.41 Å². The van der Waals surface area contributed by atoms with Crippen LogP contribution >= 0.6 is 11.8 Å². The van der Waals surface area contributed by atoms with Gasteiger partial charge in [0.2, 0.25) is 53.2 Å².